The van der Waals surface area contributed by atoms with Gasteiger partial charge in [0.25, 0.3) is 5.91 Å². The molecule has 24 heavy (non-hydrogen) atoms. The van der Waals surface area contributed by atoms with E-state index in [1.807, 2.05) is 0 Å². The van der Waals surface area contributed by atoms with Crippen LogP contribution in [-0.4, -0.2) is 29.9 Å². The summed E-state index contributed by atoms with van der Waals surface area (Å²) in [5.41, 5.74) is 0.265. The van der Waals surface area contributed by atoms with Crippen LogP contribution in [0.3, 0.4) is 0 Å². The first-order valence-corrected chi connectivity index (χ1v) is 8.24. The first-order chi connectivity index (χ1) is 11.5. The van der Waals surface area contributed by atoms with Crippen LogP contribution in [0, 0.1) is 11.6 Å². The molecule has 0 unspecified atom stereocenters. The van der Waals surface area contributed by atoms with Crippen LogP contribution >= 0.6 is 11.3 Å². The summed E-state index contributed by atoms with van der Waals surface area (Å²) in [6, 6.07) is 6.48. The Kier molecular flexibility index (Phi) is 4.62. The number of nitrogens with zero attached hydrogens (tertiary/aromatic N) is 1. The Bertz CT molecular complexity index is 786. The lowest BCUT2D eigenvalue weighted by Crippen LogP contribution is -2.32. The predicted octanol–water partition coefficient (Wildman–Crippen LogP) is 3.62. The summed E-state index contributed by atoms with van der Waals surface area (Å²) >= 11 is 1.04. The molecule has 3 rings (SSSR count). The van der Waals surface area contributed by atoms with Gasteiger partial charge in [0.05, 0.1) is 12.0 Å². The highest BCUT2D eigenvalue weighted by Crippen LogP contribution is 2.31. The van der Waals surface area contributed by atoms with Gasteiger partial charge in [-0.2, -0.15) is 0 Å². The zero-order valence-electron chi connectivity index (χ0n) is 12.9. The Balaban J connectivity index is 1.81. The predicted molar refractivity (Wildman–Crippen MR) is 84.9 cm³/mol. The van der Waals surface area contributed by atoms with E-state index in [0.29, 0.717) is 9.75 Å². The monoisotopic (exact) mass is 351 g/mol. The maximum absolute atomic E-state index is 13.9. The fraction of sp³-hybridized carbons (Fsp3) is 0.294. The standard InChI is InChI=1S/C17H15F2NO3S/c1-23-17(22)15-7-6-14(24-15)16(21)20(12-4-5-12)9-10-2-3-11(18)8-13(10)19/h2-3,6-8,12H,4-5,9H2,1H3. The summed E-state index contributed by atoms with van der Waals surface area (Å²) in [4.78, 5) is 26.5. The van der Waals surface area contributed by atoms with Crippen molar-refractivity contribution >= 4 is 23.2 Å². The highest BCUT2D eigenvalue weighted by molar-refractivity contribution is 7.15. The molecule has 7 heteroatoms. The number of rotatable bonds is 5. The number of hydrogen-bond donors (Lipinski definition) is 0. The van der Waals surface area contributed by atoms with Crippen molar-refractivity contribution < 1.29 is 23.1 Å². The van der Waals surface area contributed by atoms with E-state index >= 15 is 0 Å². The van der Waals surface area contributed by atoms with Crippen molar-refractivity contribution in [3.8, 4) is 0 Å². The second-order valence-corrected chi connectivity index (χ2v) is 6.64. The number of halogens is 2. The topological polar surface area (TPSA) is 46.6 Å². The van der Waals surface area contributed by atoms with Crippen molar-refractivity contribution in [2.24, 2.45) is 0 Å². The summed E-state index contributed by atoms with van der Waals surface area (Å²) in [5.74, 6) is -2.08. The van der Waals surface area contributed by atoms with E-state index in [4.69, 9.17) is 0 Å². The normalized spacial score (nSPS) is 13.6. The lowest BCUT2D eigenvalue weighted by atomic mass is 10.2. The van der Waals surface area contributed by atoms with E-state index in [9.17, 15) is 18.4 Å². The van der Waals surface area contributed by atoms with Gasteiger partial charge in [0.2, 0.25) is 0 Å². The van der Waals surface area contributed by atoms with Crippen molar-refractivity contribution in [3.05, 3.63) is 57.3 Å². The molecular weight excluding hydrogens is 336 g/mol. The largest absolute Gasteiger partial charge is 0.465 e. The fourth-order valence-electron chi connectivity index (χ4n) is 2.39. The van der Waals surface area contributed by atoms with Crippen molar-refractivity contribution in [1.29, 1.82) is 0 Å². The molecule has 1 fully saturated rings. The molecule has 2 aromatic rings. The van der Waals surface area contributed by atoms with E-state index in [1.165, 1.54) is 25.3 Å². The Morgan fingerprint density at radius 2 is 1.92 bits per heavy atom. The first kappa shape index (κ1) is 16.6. The van der Waals surface area contributed by atoms with Crippen LogP contribution in [0.5, 0.6) is 0 Å². The third-order valence-corrected chi connectivity index (χ3v) is 4.86. The number of carbonyl (C=O) groups excluding carboxylic acids is 2. The van der Waals surface area contributed by atoms with Crippen LogP contribution in [-0.2, 0) is 11.3 Å². The second kappa shape index (κ2) is 6.68. The van der Waals surface area contributed by atoms with Gasteiger partial charge in [0.15, 0.2) is 0 Å². The molecule has 0 aliphatic heterocycles. The van der Waals surface area contributed by atoms with Crippen LogP contribution in [0.25, 0.3) is 0 Å². The second-order valence-electron chi connectivity index (χ2n) is 5.56. The minimum Gasteiger partial charge on any atom is -0.465 e. The zero-order valence-corrected chi connectivity index (χ0v) is 13.7. The number of esters is 1. The molecule has 1 heterocycles. The molecule has 1 amide bonds. The van der Waals surface area contributed by atoms with E-state index in [0.717, 1.165) is 30.2 Å². The molecule has 126 valence electrons. The van der Waals surface area contributed by atoms with Gasteiger partial charge in [-0.3, -0.25) is 4.79 Å². The molecule has 0 spiro atoms. The number of benzene rings is 1. The Morgan fingerprint density at radius 1 is 1.21 bits per heavy atom. The fourth-order valence-corrected chi connectivity index (χ4v) is 3.27. The average Bonchev–Trinajstić information content (AvgIpc) is 3.28. The van der Waals surface area contributed by atoms with Gasteiger partial charge in [-0.15, -0.1) is 11.3 Å². The number of thiophene rings is 1. The van der Waals surface area contributed by atoms with E-state index in [2.05, 4.69) is 4.74 Å². The van der Waals surface area contributed by atoms with E-state index in [1.54, 1.807) is 11.0 Å². The maximum atomic E-state index is 13.9. The molecule has 1 aliphatic carbocycles. The number of ether oxygens (including phenoxy) is 1. The highest BCUT2D eigenvalue weighted by atomic mass is 32.1. The summed E-state index contributed by atoms with van der Waals surface area (Å²) in [7, 11) is 1.28. The first-order valence-electron chi connectivity index (χ1n) is 7.42. The SMILES string of the molecule is COC(=O)c1ccc(C(=O)N(Cc2ccc(F)cc2F)C2CC2)s1. The summed E-state index contributed by atoms with van der Waals surface area (Å²) < 4.78 is 31.5. The lowest BCUT2D eigenvalue weighted by Gasteiger charge is -2.22. The third-order valence-electron chi connectivity index (χ3n) is 3.81. The molecule has 0 bridgehead atoms. The lowest BCUT2D eigenvalue weighted by molar-refractivity contribution is 0.0606. The van der Waals surface area contributed by atoms with Crippen molar-refractivity contribution in [2.75, 3.05) is 7.11 Å². The van der Waals surface area contributed by atoms with Gasteiger partial charge in [-0.1, -0.05) is 6.07 Å². The molecule has 0 atom stereocenters. The van der Waals surface area contributed by atoms with Crippen molar-refractivity contribution in [3.63, 3.8) is 0 Å². The number of methoxy groups -OCH3 is 1. The van der Waals surface area contributed by atoms with Crippen LogP contribution in [0.2, 0.25) is 0 Å². The highest BCUT2D eigenvalue weighted by Gasteiger charge is 2.34. The molecule has 1 aliphatic rings. The smallest absolute Gasteiger partial charge is 0.348 e. The van der Waals surface area contributed by atoms with Gasteiger partial charge in [-0.25, -0.2) is 13.6 Å². The van der Waals surface area contributed by atoms with Crippen molar-refractivity contribution in [1.82, 2.24) is 4.90 Å². The Morgan fingerprint density at radius 3 is 2.54 bits per heavy atom. The van der Waals surface area contributed by atoms with Crippen LogP contribution in [0.4, 0.5) is 8.78 Å². The van der Waals surface area contributed by atoms with Crippen LogP contribution in [0.1, 0.15) is 37.7 Å². The molecule has 1 saturated carbocycles. The van der Waals surface area contributed by atoms with Crippen LogP contribution < -0.4 is 0 Å². The molecule has 0 radical (unpaired) electrons. The van der Waals surface area contributed by atoms with Gasteiger partial charge in [0, 0.05) is 24.2 Å². The number of carbonyl (C=O) groups is 2. The quantitative estimate of drug-likeness (QED) is 0.773. The van der Waals surface area contributed by atoms with Gasteiger partial charge in [0.1, 0.15) is 16.5 Å². The van der Waals surface area contributed by atoms with E-state index < -0.39 is 17.6 Å². The van der Waals surface area contributed by atoms with Gasteiger partial charge >= 0.3 is 5.97 Å². The Hall–Kier alpha value is -2.28. The molecule has 0 N–H and O–H groups in total. The third kappa shape index (κ3) is 3.46. The van der Waals surface area contributed by atoms with Crippen LogP contribution in [0.15, 0.2) is 30.3 Å². The zero-order chi connectivity index (χ0) is 17.3. The molecule has 0 saturated heterocycles. The Labute approximate surface area is 141 Å². The van der Waals surface area contributed by atoms with Crippen molar-refractivity contribution in [2.45, 2.75) is 25.4 Å². The number of amides is 1. The molecule has 1 aromatic carbocycles. The minimum atomic E-state index is -0.671. The average molecular weight is 351 g/mol. The minimum absolute atomic E-state index is 0.0469. The summed E-state index contributed by atoms with van der Waals surface area (Å²) in [5, 5.41) is 0. The molecule has 1 aromatic heterocycles. The molecule has 4 nitrogen and oxygen atoms in total. The van der Waals surface area contributed by atoms with E-state index in [-0.39, 0.29) is 24.1 Å². The maximum Gasteiger partial charge on any atom is 0.348 e. The van der Waals surface area contributed by atoms with Gasteiger partial charge in [-0.05, 0) is 31.0 Å². The summed E-state index contributed by atoms with van der Waals surface area (Å²) in [6.07, 6.45) is 1.70. The number of hydrogen-bond acceptors (Lipinski definition) is 4. The summed E-state index contributed by atoms with van der Waals surface area (Å²) in [6.45, 7) is 0.0705. The van der Waals surface area contributed by atoms with Gasteiger partial charge < -0.3 is 9.64 Å². The molecular formula is C17H15F2NO3S.